The number of carbonyl (C=O) groups is 1. The number of anilines is 1. The van der Waals surface area contributed by atoms with Crippen molar-refractivity contribution in [1.29, 1.82) is 0 Å². The number of aliphatic hydroxyl groups is 1. The van der Waals surface area contributed by atoms with Gasteiger partial charge in [0.2, 0.25) is 5.91 Å². The molecular weight excluding hydrogens is 528 g/mol. The van der Waals surface area contributed by atoms with Gasteiger partial charge in [-0.1, -0.05) is 24.6 Å². The van der Waals surface area contributed by atoms with Crippen LogP contribution in [0.3, 0.4) is 0 Å². The van der Waals surface area contributed by atoms with Crippen LogP contribution in [0.25, 0.3) is 0 Å². The molecule has 0 saturated heterocycles. The number of aromatic nitrogens is 1. The van der Waals surface area contributed by atoms with E-state index in [1.54, 1.807) is 59.8 Å². The van der Waals surface area contributed by atoms with Crippen molar-refractivity contribution in [2.45, 2.75) is 50.8 Å². The molecule has 2 N–H and O–H groups in total. The number of hydrogen-bond donors (Lipinski definition) is 2. The zero-order valence-corrected chi connectivity index (χ0v) is 24.3. The number of amides is 1. The van der Waals surface area contributed by atoms with Gasteiger partial charge in [-0.3, -0.25) is 19.4 Å². The van der Waals surface area contributed by atoms with E-state index in [0.717, 1.165) is 11.1 Å². The van der Waals surface area contributed by atoms with Crippen LogP contribution in [0.1, 0.15) is 30.5 Å². The number of ether oxygens (including phenoxy) is 1. The van der Waals surface area contributed by atoms with Crippen LogP contribution >= 0.6 is 0 Å². The topological polar surface area (TPSA) is 112 Å². The average molecular weight is 567 g/mol. The van der Waals surface area contributed by atoms with Crippen molar-refractivity contribution >= 4 is 21.6 Å². The number of sulfonamides is 1. The minimum atomic E-state index is -3.82. The van der Waals surface area contributed by atoms with E-state index in [9.17, 15) is 18.3 Å². The summed E-state index contributed by atoms with van der Waals surface area (Å²) < 4.78 is 35.2. The van der Waals surface area contributed by atoms with Crippen molar-refractivity contribution in [2.75, 3.05) is 31.5 Å². The second-order valence-corrected chi connectivity index (χ2v) is 12.4. The van der Waals surface area contributed by atoms with Gasteiger partial charge < -0.3 is 14.7 Å². The molecule has 3 atom stereocenters. The third-order valence-corrected chi connectivity index (χ3v) is 8.59. The molecule has 0 radical (unpaired) electrons. The van der Waals surface area contributed by atoms with Gasteiger partial charge in [0.25, 0.3) is 10.0 Å². The number of pyridine rings is 1. The minimum Gasteiger partial charge on any atom is -0.488 e. The first-order chi connectivity index (χ1) is 19.1. The lowest BCUT2D eigenvalue weighted by Crippen LogP contribution is -2.47. The summed E-state index contributed by atoms with van der Waals surface area (Å²) in [6.07, 6.45) is 3.29. The molecule has 0 saturated carbocycles. The summed E-state index contributed by atoms with van der Waals surface area (Å²) in [5.74, 6) is 0.352. The lowest BCUT2D eigenvalue weighted by atomic mass is 10.0. The van der Waals surface area contributed by atoms with E-state index in [2.05, 4.69) is 14.6 Å². The lowest BCUT2D eigenvalue weighted by Gasteiger charge is -2.34. The van der Waals surface area contributed by atoms with Crippen molar-refractivity contribution in [3.05, 3.63) is 83.7 Å². The smallest absolute Gasteiger partial charge is 0.261 e. The first kappa shape index (κ1) is 29.5. The van der Waals surface area contributed by atoms with Crippen LogP contribution in [-0.2, 0) is 27.8 Å². The molecule has 9 nitrogen and oxygen atoms in total. The number of hydrogen-bond acceptors (Lipinski definition) is 7. The summed E-state index contributed by atoms with van der Waals surface area (Å²) >= 11 is 0. The fourth-order valence-corrected chi connectivity index (χ4v) is 5.86. The van der Waals surface area contributed by atoms with Crippen molar-refractivity contribution in [2.24, 2.45) is 5.92 Å². The van der Waals surface area contributed by atoms with E-state index >= 15 is 0 Å². The molecule has 0 fully saturated rings. The van der Waals surface area contributed by atoms with Crippen LogP contribution in [0.15, 0.2) is 71.9 Å². The second kappa shape index (κ2) is 12.8. The Morgan fingerprint density at radius 3 is 2.52 bits per heavy atom. The maximum atomic E-state index is 13.5. The van der Waals surface area contributed by atoms with Crippen molar-refractivity contribution in [3.63, 3.8) is 0 Å². The second-order valence-electron chi connectivity index (χ2n) is 10.7. The van der Waals surface area contributed by atoms with Crippen LogP contribution in [-0.4, -0.2) is 73.1 Å². The van der Waals surface area contributed by atoms with Gasteiger partial charge in [0.05, 0.1) is 24.0 Å². The third kappa shape index (κ3) is 7.38. The molecule has 0 bridgehead atoms. The van der Waals surface area contributed by atoms with Crippen LogP contribution in [0.5, 0.6) is 5.75 Å². The van der Waals surface area contributed by atoms with Crippen molar-refractivity contribution in [1.82, 2.24) is 14.8 Å². The molecule has 0 aliphatic carbocycles. The van der Waals surface area contributed by atoms with Gasteiger partial charge in [0, 0.05) is 49.2 Å². The molecule has 2 heterocycles. The Balaban J connectivity index is 1.63. The lowest BCUT2D eigenvalue weighted by molar-refractivity contribution is -0.134. The fraction of sp³-hybridized carbons (Fsp3) is 0.400. The normalized spacial score (nSPS) is 18.8. The van der Waals surface area contributed by atoms with Gasteiger partial charge in [-0.25, -0.2) is 8.42 Å². The zero-order chi connectivity index (χ0) is 28.9. The maximum Gasteiger partial charge on any atom is 0.261 e. The molecule has 1 amide bonds. The standard InChI is InChI=1S/C30H38N4O5S/c1-21-5-8-27(9-6-21)40(37,38)32-26-7-10-28-25(15-26)16-30(36)34(23(3)20-35)17-22(2)29(39-28)19-33(4)18-24-11-13-31-14-12-24/h5-15,22-23,29,32,35H,16-20H2,1-4H3/t22-,23-,29-/m1/s1. The molecule has 40 heavy (non-hydrogen) atoms. The number of nitrogens with zero attached hydrogens (tertiary/aromatic N) is 3. The van der Waals surface area contributed by atoms with E-state index in [1.807, 2.05) is 40.0 Å². The quantitative estimate of drug-likeness (QED) is 0.408. The van der Waals surface area contributed by atoms with Gasteiger partial charge in [-0.2, -0.15) is 0 Å². The summed E-state index contributed by atoms with van der Waals surface area (Å²) in [6.45, 7) is 7.33. The summed E-state index contributed by atoms with van der Waals surface area (Å²) in [5, 5.41) is 9.88. The number of aryl methyl sites for hydroxylation is 1. The highest BCUT2D eigenvalue weighted by Gasteiger charge is 2.31. The first-order valence-electron chi connectivity index (χ1n) is 13.4. The molecule has 0 unspecified atom stereocenters. The van der Waals surface area contributed by atoms with E-state index in [-0.39, 0.29) is 41.9 Å². The summed E-state index contributed by atoms with van der Waals surface area (Å²) in [6, 6.07) is 15.2. The molecule has 1 aromatic heterocycles. The Hall–Kier alpha value is -3.47. The van der Waals surface area contributed by atoms with Crippen LogP contribution in [0, 0.1) is 12.8 Å². The predicted octanol–water partition coefficient (Wildman–Crippen LogP) is 3.47. The zero-order valence-electron chi connectivity index (χ0n) is 23.4. The summed E-state index contributed by atoms with van der Waals surface area (Å²) in [7, 11) is -1.80. The molecule has 10 heteroatoms. The van der Waals surface area contributed by atoms with Gasteiger partial charge in [0.15, 0.2) is 0 Å². The number of carbonyl (C=O) groups excluding carboxylic acids is 1. The van der Waals surface area contributed by atoms with Crippen LogP contribution in [0.2, 0.25) is 0 Å². The Bertz CT molecular complexity index is 1400. The first-order valence-corrected chi connectivity index (χ1v) is 14.9. The number of likely N-dealkylation sites (N-methyl/N-ethyl adjacent to an activating group) is 1. The highest BCUT2D eigenvalue weighted by Crippen LogP contribution is 2.30. The highest BCUT2D eigenvalue weighted by atomic mass is 32.2. The molecule has 4 rings (SSSR count). The molecule has 1 aliphatic rings. The monoisotopic (exact) mass is 566 g/mol. The minimum absolute atomic E-state index is 0.0199. The Morgan fingerprint density at radius 1 is 1.15 bits per heavy atom. The average Bonchev–Trinajstić information content (AvgIpc) is 2.96. The van der Waals surface area contributed by atoms with Gasteiger partial charge in [-0.05, 0) is 68.9 Å². The van der Waals surface area contributed by atoms with E-state index in [1.165, 1.54) is 0 Å². The van der Waals surface area contributed by atoms with E-state index < -0.39 is 10.0 Å². The Morgan fingerprint density at radius 2 is 1.85 bits per heavy atom. The highest BCUT2D eigenvalue weighted by molar-refractivity contribution is 7.92. The van der Waals surface area contributed by atoms with Gasteiger partial charge >= 0.3 is 0 Å². The van der Waals surface area contributed by atoms with Crippen molar-refractivity contribution < 1.29 is 23.1 Å². The molecule has 214 valence electrons. The van der Waals surface area contributed by atoms with E-state index in [0.29, 0.717) is 36.6 Å². The van der Waals surface area contributed by atoms with Crippen LogP contribution in [0.4, 0.5) is 5.69 Å². The number of aliphatic hydroxyl groups excluding tert-OH is 1. The predicted molar refractivity (Wildman–Crippen MR) is 155 cm³/mol. The molecule has 2 aromatic carbocycles. The van der Waals surface area contributed by atoms with E-state index in [4.69, 9.17) is 4.74 Å². The third-order valence-electron chi connectivity index (χ3n) is 7.19. The SMILES string of the molecule is Cc1ccc(S(=O)(=O)Nc2ccc3c(c2)CC(=O)N([C@H](C)CO)C[C@@H](C)[C@@H](CN(C)Cc2ccncc2)O3)cc1. The number of nitrogens with one attached hydrogen (secondary N) is 1. The molecule has 1 aliphatic heterocycles. The molecule has 0 spiro atoms. The number of benzene rings is 2. The number of fused-ring (bicyclic) bond motifs is 1. The fourth-order valence-electron chi connectivity index (χ4n) is 4.81. The summed E-state index contributed by atoms with van der Waals surface area (Å²) in [5.41, 5.74) is 3.02. The Labute approximate surface area is 236 Å². The van der Waals surface area contributed by atoms with Crippen LogP contribution < -0.4 is 9.46 Å². The maximum absolute atomic E-state index is 13.5. The number of rotatable bonds is 9. The van der Waals surface area contributed by atoms with Crippen molar-refractivity contribution in [3.8, 4) is 5.75 Å². The Kier molecular flexibility index (Phi) is 9.44. The molecule has 3 aromatic rings. The summed E-state index contributed by atoms with van der Waals surface area (Å²) in [4.78, 5) is 21.6. The van der Waals surface area contributed by atoms with Gasteiger partial charge in [0.1, 0.15) is 11.9 Å². The van der Waals surface area contributed by atoms with Gasteiger partial charge in [-0.15, -0.1) is 0 Å². The largest absolute Gasteiger partial charge is 0.488 e. The molecular formula is C30H38N4O5S.